The second-order valence-electron chi connectivity index (χ2n) is 4.46. The molecule has 0 aliphatic carbocycles. The van der Waals surface area contributed by atoms with Crippen molar-refractivity contribution in [3.05, 3.63) is 48.5 Å². The average molecular weight is 297 g/mol. The molecular formula is C14H9ClN6. The normalized spacial score (nSPS) is 12.3. The molecule has 0 radical (unpaired) electrons. The van der Waals surface area contributed by atoms with Crippen molar-refractivity contribution in [2.24, 2.45) is 0 Å². The molecule has 2 aromatic carbocycles. The summed E-state index contributed by atoms with van der Waals surface area (Å²) < 4.78 is 3.18. The fourth-order valence-corrected chi connectivity index (χ4v) is 2.38. The van der Waals surface area contributed by atoms with E-state index in [1.807, 2.05) is 48.5 Å². The number of rotatable bonds is 2. The maximum Gasteiger partial charge on any atom is 0.151 e. The van der Waals surface area contributed by atoms with Gasteiger partial charge in [0.15, 0.2) is 5.16 Å². The first-order valence-corrected chi connectivity index (χ1v) is 6.69. The molecular weight excluding hydrogens is 288 g/mol. The van der Waals surface area contributed by atoms with E-state index in [4.69, 9.17) is 11.6 Å². The van der Waals surface area contributed by atoms with Gasteiger partial charge in [-0.2, -0.15) is 4.68 Å². The lowest BCUT2D eigenvalue weighted by atomic mass is 10.3. The lowest BCUT2D eigenvalue weighted by molar-refractivity contribution is 0.835. The summed E-state index contributed by atoms with van der Waals surface area (Å²) in [7, 11) is 0. The van der Waals surface area contributed by atoms with Crippen LogP contribution >= 0.6 is 11.6 Å². The van der Waals surface area contributed by atoms with Crippen molar-refractivity contribution in [3.8, 4) is 0 Å². The summed E-state index contributed by atoms with van der Waals surface area (Å²) in [6.45, 7) is 0. The van der Waals surface area contributed by atoms with Crippen LogP contribution in [-0.4, -0.2) is 30.0 Å². The molecule has 21 heavy (non-hydrogen) atoms. The van der Waals surface area contributed by atoms with Crippen LogP contribution in [0, 0.1) is 0 Å². The van der Waals surface area contributed by atoms with Crippen LogP contribution in [0.25, 0.3) is 33.4 Å². The number of nitrogens with zero attached hydrogens (tertiary/aromatic N) is 6. The molecule has 4 rings (SSSR count). The summed E-state index contributed by atoms with van der Waals surface area (Å²) in [5.41, 5.74) is 3.30. The Balaban J connectivity index is 1.85. The minimum atomic E-state index is 0.388. The van der Waals surface area contributed by atoms with Gasteiger partial charge >= 0.3 is 0 Å². The third-order valence-corrected chi connectivity index (χ3v) is 3.42. The SMILES string of the molecule is Cl/C(=C/n1nnc2ccccc21)n1nnc2ccccc21. The first-order valence-electron chi connectivity index (χ1n) is 6.31. The van der Waals surface area contributed by atoms with E-state index in [-0.39, 0.29) is 0 Å². The number of para-hydroxylation sites is 2. The van der Waals surface area contributed by atoms with Gasteiger partial charge in [-0.05, 0) is 24.3 Å². The lowest BCUT2D eigenvalue weighted by Crippen LogP contribution is -1.98. The minimum absolute atomic E-state index is 0.388. The van der Waals surface area contributed by atoms with Crippen LogP contribution in [0.2, 0.25) is 0 Å². The fraction of sp³-hybridized carbons (Fsp3) is 0. The first kappa shape index (κ1) is 12.0. The van der Waals surface area contributed by atoms with E-state index in [0.717, 1.165) is 22.1 Å². The largest absolute Gasteiger partial charge is 0.217 e. The second-order valence-corrected chi connectivity index (χ2v) is 4.85. The van der Waals surface area contributed by atoms with E-state index in [9.17, 15) is 0 Å². The van der Waals surface area contributed by atoms with E-state index < -0.39 is 0 Å². The van der Waals surface area contributed by atoms with Gasteiger partial charge in [0.2, 0.25) is 0 Å². The number of hydrogen-bond acceptors (Lipinski definition) is 4. The molecule has 0 amide bonds. The van der Waals surface area contributed by atoms with Crippen LogP contribution in [-0.2, 0) is 0 Å². The van der Waals surface area contributed by atoms with Crippen molar-refractivity contribution in [2.45, 2.75) is 0 Å². The Hall–Kier alpha value is -2.73. The minimum Gasteiger partial charge on any atom is -0.217 e. The van der Waals surface area contributed by atoms with Gasteiger partial charge in [0.05, 0.1) is 17.2 Å². The van der Waals surface area contributed by atoms with Gasteiger partial charge in [-0.25, -0.2) is 4.68 Å². The standard InChI is InChI=1S/C14H9ClN6/c15-14(21-13-8-4-2-6-11(13)17-19-21)9-20-12-7-3-1-5-10(12)16-18-20/h1-9H/b14-9-. The second kappa shape index (κ2) is 4.68. The molecule has 0 saturated carbocycles. The maximum atomic E-state index is 6.35. The van der Waals surface area contributed by atoms with Crippen molar-refractivity contribution in [1.29, 1.82) is 0 Å². The molecule has 6 nitrogen and oxygen atoms in total. The number of fused-ring (bicyclic) bond motifs is 2. The van der Waals surface area contributed by atoms with E-state index in [0.29, 0.717) is 5.16 Å². The highest BCUT2D eigenvalue weighted by Gasteiger charge is 2.08. The highest BCUT2D eigenvalue weighted by atomic mass is 35.5. The zero-order chi connectivity index (χ0) is 14.2. The van der Waals surface area contributed by atoms with Gasteiger partial charge in [0.1, 0.15) is 11.0 Å². The summed E-state index contributed by atoms with van der Waals surface area (Å²) >= 11 is 6.35. The van der Waals surface area contributed by atoms with Crippen LogP contribution < -0.4 is 0 Å². The molecule has 7 heteroatoms. The monoisotopic (exact) mass is 296 g/mol. The van der Waals surface area contributed by atoms with Crippen molar-refractivity contribution >= 4 is 45.0 Å². The molecule has 102 valence electrons. The van der Waals surface area contributed by atoms with Crippen LogP contribution in [0.3, 0.4) is 0 Å². The average Bonchev–Trinajstić information content (AvgIpc) is 3.12. The zero-order valence-corrected chi connectivity index (χ0v) is 11.5. The van der Waals surface area contributed by atoms with Gasteiger partial charge in [-0.3, -0.25) is 0 Å². The van der Waals surface area contributed by atoms with Crippen LogP contribution in [0.15, 0.2) is 48.5 Å². The Morgan fingerprint density at radius 1 is 0.857 bits per heavy atom. The number of aromatic nitrogens is 6. The van der Waals surface area contributed by atoms with E-state index in [1.165, 1.54) is 0 Å². The topological polar surface area (TPSA) is 61.4 Å². The molecule has 2 heterocycles. The zero-order valence-electron chi connectivity index (χ0n) is 10.8. The molecule has 0 spiro atoms. The maximum absolute atomic E-state index is 6.35. The van der Waals surface area contributed by atoms with Gasteiger partial charge in [-0.15, -0.1) is 10.2 Å². The Labute approximate surface area is 124 Å². The molecule has 0 saturated heterocycles. The fourth-order valence-electron chi connectivity index (χ4n) is 2.16. The summed E-state index contributed by atoms with van der Waals surface area (Å²) in [6.07, 6.45) is 1.66. The molecule has 0 bridgehead atoms. The third kappa shape index (κ3) is 1.96. The molecule has 0 aliphatic rings. The summed E-state index contributed by atoms with van der Waals surface area (Å²) in [5.74, 6) is 0. The van der Waals surface area contributed by atoms with Crippen LogP contribution in [0.4, 0.5) is 0 Å². The van der Waals surface area contributed by atoms with Gasteiger partial charge in [0, 0.05) is 0 Å². The molecule has 0 aliphatic heterocycles. The molecule has 4 aromatic rings. The van der Waals surface area contributed by atoms with Crippen LogP contribution in [0.1, 0.15) is 0 Å². The summed E-state index contributed by atoms with van der Waals surface area (Å²) in [5, 5.41) is 16.7. The molecule has 0 unspecified atom stereocenters. The highest BCUT2D eigenvalue weighted by molar-refractivity contribution is 6.47. The number of halogens is 1. The smallest absolute Gasteiger partial charge is 0.151 e. The van der Waals surface area contributed by atoms with Crippen molar-refractivity contribution in [1.82, 2.24) is 30.0 Å². The lowest BCUT2D eigenvalue weighted by Gasteiger charge is -2.00. The van der Waals surface area contributed by atoms with Crippen molar-refractivity contribution < 1.29 is 0 Å². The molecule has 0 fully saturated rings. The van der Waals surface area contributed by atoms with Crippen molar-refractivity contribution in [3.63, 3.8) is 0 Å². The Morgan fingerprint density at radius 3 is 2.29 bits per heavy atom. The highest BCUT2D eigenvalue weighted by Crippen LogP contribution is 2.19. The summed E-state index contributed by atoms with van der Waals surface area (Å²) in [4.78, 5) is 0. The number of benzene rings is 2. The van der Waals surface area contributed by atoms with Crippen molar-refractivity contribution in [2.75, 3.05) is 0 Å². The predicted molar refractivity (Wildman–Crippen MR) is 81.4 cm³/mol. The quantitative estimate of drug-likeness (QED) is 0.570. The Kier molecular flexibility index (Phi) is 2.68. The predicted octanol–water partition coefficient (Wildman–Crippen LogP) is 2.83. The summed E-state index contributed by atoms with van der Waals surface area (Å²) in [6, 6.07) is 15.3. The molecule has 0 atom stereocenters. The van der Waals surface area contributed by atoms with Gasteiger partial charge in [-0.1, -0.05) is 46.3 Å². The number of hydrogen-bond donors (Lipinski definition) is 0. The van der Waals surface area contributed by atoms with Crippen LogP contribution in [0.5, 0.6) is 0 Å². The molecule has 0 N–H and O–H groups in total. The Morgan fingerprint density at radius 2 is 1.48 bits per heavy atom. The van der Waals surface area contributed by atoms with Gasteiger partial charge in [0.25, 0.3) is 0 Å². The van der Waals surface area contributed by atoms with Gasteiger partial charge < -0.3 is 0 Å². The van der Waals surface area contributed by atoms with E-state index >= 15 is 0 Å². The third-order valence-electron chi connectivity index (χ3n) is 3.16. The Bertz CT molecular complexity index is 968. The first-order chi connectivity index (χ1) is 10.3. The van der Waals surface area contributed by atoms with E-state index in [1.54, 1.807) is 15.6 Å². The van der Waals surface area contributed by atoms with E-state index in [2.05, 4.69) is 20.6 Å². The molecule has 2 aromatic heterocycles.